The first-order valence-electron chi connectivity index (χ1n) is 15.0. The van der Waals surface area contributed by atoms with Gasteiger partial charge >= 0.3 is 5.97 Å². The molecule has 46 heavy (non-hydrogen) atoms. The first-order chi connectivity index (χ1) is 22.1. The van der Waals surface area contributed by atoms with Crippen LogP contribution in [0.2, 0.25) is 0 Å². The molecule has 0 aliphatic carbocycles. The van der Waals surface area contributed by atoms with Gasteiger partial charge in [-0.25, -0.2) is 0 Å². The number of amides is 3. The van der Waals surface area contributed by atoms with Crippen LogP contribution in [-0.4, -0.2) is 81.2 Å². The van der Waals surface area contributed by atoms with Gasteiger partial charge in [-0.1, -0.05) is 24.3 Å². The van der Waals surface area contributed by atoms with E-state index in [-0.39, 0.29) is 43.5 Å². The smallest absolute Gasteiger partial charge is 0.320 e. The molecule has 3 amide bonds. The van der Waals surface area contributed by atoms with Crippen molar-refractivity contribution in [3.8, 4) is 0 Å². The number of anilines is 1. The van der Waals surface area contributed by atoms with E-state index < -0.39 is 24.0 Å². The molecule has 0 radical (unpaired) electrons. The van der Waals surface area contributed by atoms with Crippen molar-refractivity contribution < 1.29 is 29.1 Å². The number of nitrogens with one attached hydrogen (secondary N) is 4. The number of pyridine rings is 2. The molecular formula is C33H41N7O6. The molecule has 0 bridgehead atoms. The Morgan fingerprint density at radius 1 is 0.783 bits per heavy atom. The predicted octanol–water partition coefficient (Wildman–Crippen LogP) is 1.69. The van der Waals surface area contributed by atoms with E-state index in [9.17, 15) is 24.0 Å². The van der Waals surface area contributed by atoms with E-state index in [4.69, 9.17) is 5.11 Å². The van der Waals surface area contributed by atoms with Crippen LogP contribution in [0.15, 0.2) is 73.1 Å². The summed E-state index contributed by atoms with van der Waals surface area (Å²) in [7, 11) is 0. The Bertz CT molecular complexity index is 1400. The molecule has 5 N–H and O–H groups in total. The fraction of sp³-hybridized carbons (Fsp3) is 0.364. The maximum absolute atomic E-state index is 12.9. The molecule has 2 aromatic heterocycles. The monoisotopic (exact) mass is 631 g/mol. The summed E-state index contributed by atoms with van der Waals surface area (Å²) >= 11 is 0. The van der Waals surface area contributed by atoms with E-state index in [2.05, 4.69) is 31.2 Å². The topological polar surface area (TPSA) is 183 Å². The van der Waals surface area contributed by atoms with Crippen LogP contribution >= 0.6 is 0 Å². The fourth-order valence-electron chi connectivity index (χ4n) is 4.32. The molecular weight excluding hydrogens is 590 g/mol. The van der Waals surface area contributed by atoms with Gasteiger partial charge in [0, 0.05) is 50.6 Å². The van der Waals surface area contributed by atoms with E-state index in [1.54, 1.807) is 12.4 Å². The summed E-state index contributed by atoms with van der Waals surface area (Å²) in [5.41, 5.74) is 3.32. The molecule has 1 aromatic carbocycles. The van der Waals surface area contributed by atoms with Crippen LogP contribution in [0.1, 0.15) is 43.6 Å². The van der Waals surface area contributed by atoms with Crippen molar-refractivity contribution in [2.24, 2.45) is 0 Å². The molecule has 3 rings (SSSR count). The zero-order valence-corrected chi connectivity index (χ0v) is 26.1. The average molecular weight is 632 g/mol. The lowest BCUT2D eigenvalue weighted by Gasteiger charge is -2.21. The Kier molecular flexibility index (Phi) is 14.4. The Labute approximate surface area is 268 Å². The van der Waals surface area contributed by atoms with Crippen LogP contribution in [0, 0.1) is 0 Å². The second-order valence-corrected chi connectivity index (χ2v) is 10.8. The number of carboxylic acid groups (broad SMARTS) is 1. The molecule has 0 saturated carbocycles. The standard InChI is InChI=1S/C33H41N7O6/c1-23(29(41)19-37-24(2)33(45)46)38-31(43)14-13-30(42)36-18-15-25-9-11-26(12-10-25)39-32(44)22-40(20-27-7-3-5-16-34-27)21-28-8-4-6-17-35-28/h3-12,16-17,23-24,37H,13-15,18-22H2,1-2H3,(H,36,42)(H,38,43)(H,39,44)(H,45,46)/t23-,24-/m1/s1. The second kappa shape index (κ2) is 18.7. The molecule has 2 heterocycles. The largest absolute Gasteiger partial charge is 0.480 e. The number of aliphatic carboxylic acids is 1. The van der Waals surface area contributed by atoms with Gasteiger partial charge in [-0.2, -0.15) is 0 Å². The van der Waals surface area contributed by atoms with Crippen LogP contribution in [0.5, 0.6) is 0 Å². The van der Waals surface area contributed by atoms with Crippen LogP contribution in [0.25, 0.3) is 0 Å². The van der Waals surface area contributed by atoms with Crippen molar-refractivity contribution in [3.63, 3.8) is 0 Å². The lowest BCUT2D eigenvalue weighted by molar-refractivity contribution is -0.139. The highest BCUT2D eigenvalue weighted by Gasteiger charge is 2.19. The first-order valence-corrected chi connectivity index (χ1v) is 15.0. The van der Waals surface area contributed by atoms with Gasteiger partial charge in [0.05, 0.1) is 30.5 Å². The van der Waals surface area contributed by atoms with Crippen molar-refractivity contribution in [1.29, 1.82) is 0 Å². The summed E-state index contributed by atoms with van der Waals surface area (Å²) in [5.74, 6) is -2.35. The zero-order valence-electron chi connectivity index (χ0n) is 26.1. The van der Waals surface area contributed by atoms with E-state index in [0.29, 0.717) is 31.7 Å². The number of rotatable bonds is 19. The van der Waals surface area contributed by atoms with Gasteiger partial charge in [-0.05, 0) is 62.2 Å². The van der Waals surface area contributed by atoms with E-state index in [1.807, 2.05) is 65.6 Å². The van der Waals surface area contributed by atoms with Gasteiger partial charge in [-0.15, -0.1) is 0 Å². The number of nitrogens with zero attached hydrogens (tertiary/aromatic N) is 3. The molecule has 0 spiro atoms. The summed E-state index contributed by atoms with van der Waals surface area (Å²) in [5, 5.41) is 19.7. The third-order valence-electron chi connectivity index (χ3n) is 6.96. The van der Waals surface area contributed by atoms with Crippen molar-refractivity contribution in [2.45, 2.75) is 58.3 Å². The third-order valence-corrected chi connectivity index (χ3v) is 6.96. The van der Waals surface area contributed by atoms with Crippen LogP contribution in [0.4, 0.5) is 5.69 Å². The lowest BCUT2D eigenvalue weighted by atomic mass is 10.1. The molecule has 2 atom stereocenters. The van der Waals surface area contributed by atoms with Gasteiger partial charge in [0.25, 0.3) is 0 Å². The Morgan fingerprint density at radius 2 is 1.39 bits per heavy atom. The minimum absolute atomic E-state index is 0.0380. The van der Waals surface area contributed by atoms with Crippen molar-refractivity contribution in [2.75, 3.05) is 25.0 Å². The number of aromatic nitrogens is 2. The van der Waals surface area contributed by atoms with E-state index >= 15 is 0 Å². The Hall–Kier alpha value is -5.01. The Morgan fingerprint density at radius 3 is 1.96 bits per heavy atom. The maximum atomic E-state index is 12.9. The first kappa shape index (κ1) is 35.5. The summed E-state index contributed by atoms with van der Waals surface area (Å²) < 4.78 is 0. The fourth-order valence-corrected chi connectivity index (χ4v) is 4.32. The molecule has 0 unspecified atom stereocenters. The minimum atomic E-state index is -1.08. The van der Waals surface area contributed by atoms with Crippen LogP contribution in [0.3, 0.4) is 0 Å². The number of Topliss-reactive ketones (excluding diaryl/α,β-unsaturated/α-hetero) is 1. The molecule has 0 saturated heterocycles. The Balaban J connectivity index is 1.37. The molecule has 0 fully saturated rings. The van der Waals surface area contributed by atoms with Gasteiger partial charge in [0.1, 0.15) is 6.04 Å². The average Bonchev–Trinajstić information content (AvgIpc) is 3.04. The van der Waals surface area contributed by atoms with E-state index in [0.717, 1.165) is 17.0 Å². The maximum Gasteiger partial charge on any atom is 0.320 e. The highest BCUT2D eigenvalue weighted by Crippen LogP contribution is 2.12. The quantitative estimate of drug-likeness (QED) is 0.131. The van der Waals surface area contributed by atoms with Crippen molar-refractivity contribution >= 4 is 35.2 Å². The summed E-state index contributed by atoms with van der Waals surface area (Å²) in [6.45, 7) is 4.23. The molecule has 13 nitrogen and oxygen atoms in total. The molecule has 13 heteroatoms. The van der Waals surface area contributed by atoms with Gasteiger partial charge in [0.2, 0.25) is 17.7 Å². The molecule has 3 aromatic rings. The lowest BCUT2D eigenvalue weighted by Crippen LogP contribution is -2.45. The highest BCUT2D eigenvalue weighted by atomic mass is 16.4. The van der Waals surface area contributed by atoms with Crippen LogP contribution < -0.4 is 21.3 Å². The highest BCUT2D eigenvalue weighted by molar-refractivity contribution is 5.92. The molecule has 0 aliphatic heterocycles. The number of hydrogen-bond donors (Lipinski definition) is 5. The molecule has 0 aliphatic rings. The third kappa shape index (κ3) is 13.3. The second-order valence-electron chi connectivity index (χ2n) is 10.8. The SMILES string of the molecule is C[C@@H](NCC(=O)[C@@H](C)NC(=O)CCC(=O)NCCc1ccc(NC(=O)CN(Cc2ccccn2)Cc2ccccn2)cc1)C(=O)O. The number of carbonyl (C=O) groups is 5. The van der Waals surface area contributed by atoms with Crippen LogP contribution in [-0.2, 0) is 43.5 Å². The molecule has 244 valence electrons. The summed E-state index contributed by atoms with van der Waals surface area (Å²) in [6.07, 6.45) is 3.88. The normalized spacial score (nSPS) is 12.2. The van der Waals surface area contributed by atoms with Gasteiger partial charge in [0.15, 0.2) is 5.78 Å². The van der Waals surface area contributed by atoms with Gasteiger partial charge < -0.3 is 21.1 Å². The number of carboxylic acids is 1. The number of benzene rings is 1. The summed E-state index contributed by atoms with van der Waals surface area (Å²) in [6, 6.07) is 17.0. The summed E-state index contributed by atoms with van der Waals surface area (Å²) in [4.78, 5) is 70.9. The minimum Gasteiger partial charge on any atom is -0.480 e. The number of hydrogen-bond acceptors (Lipinski definition) is 9. The zero-order chi connectivity index (χ0) is 33.3. The predicted molar refractivity (Wildman–Crippen MR) is 171 cm³/mol. The number of carbonyl (C=O) groups excluding carboxylic acids is 4. The van der Waals surface area contributed by atoms with E-state index in [1.165, 1.54) is 13.8 Å². The van der Waals surface area contributed by atoms with Crippen molar-refractivity contribution in [3.05, 3.63) is 90.0 Å². The van der Waals surface area contributed by atoms with Crippen molar-refractivity contribution in [1.82, 2.24) is 30.8 Å². The van der Waals surface area contributed by atoms with Gasteiger partial charge in [-0.3, -0.25) is 44.2 Å². The number of ketones is 1.